The summed E-state index contributed by atoms with van der Waals surface area (Å²) in [6.45, 7) is 8.02. The van der Waals surface area contributed by atoms with Crippen LogP contribution in [0.4, 0.5) is 4.39 Å². The van der Waals surface area contributed by atoms with Gasteiger partial charge in [-0.25, -0.2) is 19.2 Å². The number of rotatable bonds is 9. The topological polar surface area (TPSA) is 129 Å². The molecule has 66 heavy (non-hydrogen) atoms. The molecule has 0 aliphatic carbocycles. The number of nitrogens with zero attached hydrogens (tertiary/aromatic N) is 5. The molecule has 340 valence electrons. The Kier molecular flexibility index (Phi) is 13.3. The molecule has 1 N–H and O–H groups in total. The van der Waals surface area contributed by atoms with Crippen LogP contribution in [0.2, 0.25) is 10.0 Å². The first kappa shape index (κ1) is 45.1. The molecular formula is C50H46Cl2FN5O7S. The van der Waals surface area contributed by atoms with Crippen molar-refractivity contribution >= 4 is 50.7 Å². The standard InChI is InChI=1S/C50H46Cl2FN5O7S/c1-28-41-29(2)45(52)46(44(28)51)64-35(24-58-19-17-57(3)18-20-58)26-62-34-13-14-38(63-25-30-15-16-54-37(21-30)36-7-5-6-8-39(36)61-4)32(22-34)23-40(50(59)60)65-48-43-42(41)47(66-49(43)56-27-55-48)31-9-11-33(53)12-10-31/h5-16,21-22,27,35,40H,17-20,23-26H2,1-4H3,(H,59,60)/t35-,40-/m1/s1. The normalized spacial score (nSPS) is 16.8. The number of likely N-dealkylation sites (N-methyl/N-ethyl adjacent to an activating group) is 1. The van der Waals surface area contributed by atoms with Crippen molar-refractivity contribution in [1.82, 2.24) is 24.8 Å². The maximum atomic E-state index is 14.4. The second kappa shape index (κ2) is 19.4. The molecule has 0 saturated carbocycles. The van der Waals surface area contributed by atoms with Crippen molar-refractivity contribution in [2.45, 2.75) is 39.1 Å². The van der Waals surface area contributed by atoms with Gasteiger partial charge in [-0.1, -0.05) is 47.5 Å². The van der Waals surface area contributed by atoms with Crippen LogP contribution in [0, 0.1) is 19.7 Å². The molecule has 0 unspecified atom stereocenters. The van der Waals surface area contributed by atoms with Gasteiger partial charge in [0.1, 0.15) is 53.5 Å². The number of halogens is 3. The number of aromatic nitrogens is 3. The number of fused-ring (bicyclic) bond motifs is 7. The summed E-state index contributed by atoms with van der Waals surface area (Å²) in [5, 5.41) is 11.9. The van der Waals surface area contributed by atoms with Crippen LogP contribution >= 0.6 is 34.5 Å². The average Bonchev–Trinajstić information content (AvgIpc) is 3.71. The number of pyridine rings is 1. The Morgan fingerprint density at radius 1 is 0.909 bits per heavy atom. The van der Waals surface area contributed by atoms with Gasteiger partial charge in [0.2, 0.25) is 12.0 Å². The van der Waals surface area contributed by atoms with Crippen molar-refractivity contribution in [2.75, 3.05) is 53.5 Å². The minimum Gasteiger partial charge on any atom is -0.496 e. The number of benzene rings is 4. The Bertz CT molecular complexity index is 2900. The van der Waals surface area contributed by atoms with E-state index in [9.17, 15) is 14.3 Å². The maximum Gasteiger partial charge on any atom is 0.345 e. The van der Waals surface area contributed by atoms with Gasteiger partial charge in [0.05, 0.1) is 28.2 Å². The Hall–Kier alpha value is -6.03. The van der Waals surface area contributed by atoms with Gasteiger partial charge >= 0.3 is 5.97 Å². The lowest BCUT2D eigenvalue weighted by atomic mass is 9.92. The molecule has 1 fully saturated rings. The minimum absolute atomic E-state index is 0.0328. The van der Waals surface area contributed by atoms with E-state index in [4.69, 9.17) is 46.9 Å². The lowest BCUT2D eigenvalue weighted by molar-refractivity contribution is -0.145. The van der Waals surface area contributed by atoms with Crippen molar-refractivity contribution in [2.24, 2.45) is 0 Å². The van der Waals surface area contributed by atoms with Gasteiger partial charge in [0.25, 0.3) is 0 Å². The molecule has 12 nitrogen and oxygen atoms in total. The molecule has 0 amide bonds. The molecule has 4 bridgehead atoms. The predicted molar refractivity (Wildman–Crippen MR) is 254 cm³/mol. The first-order chi connectivity index (χ1) is 31.9. The summed E-state index contributed by atoms with van der Waals surface area (Å²) in [5.41, 5.74) is 6.18. The summed E-state index contributed by atoms with van der Waals surface area (Å²) in [6, 6.07) is 22.9. The van der Waals surface area contributed by atoms with Crippen LogP contribution in [0.25, 0.3) is 43.0 Å². The van der Waals surface area contributed by atoms with E-state index >= 15 is 0 Å². The second-order valence-electron chi connectivity index (χ2n) is 16.4. The highest BCUT2D eigenvalue weighted by atomic mass is 35.5. The van der Waals surface area contributed by atoms with Crippen LogP contribution in [0.5, 0.6) is 28.9 Å². The number of aliphatic carboxylic acids is 1. The second-order valence-corrected chi connectivity index (χ2v) is 18.1. The number of thiophene rings is 1. The van der Waals surface area contributed by atoms with E-state index in [2.05, 4.69) is 31.8 Å². The number of para-hydroxylation sites is 1. The highest BCUT2D eigenvalue weighted by Crippen LogP contribution is 2.53. The van der Waals surface area contributed by atoms with E-state index in [1.165, 1.54) is 29.8 Å². The van der Waals surface area contributed by atoms with E-state index < -0.39 is 24.0 Å². The fraction of sp³-hybridized carbons (Fsp3) is 0.280. The molecule has 1 saturated heterocycles. The lowest BCUT2D eigenvalue weighted by Gasteiger charge is -2.35. The Labute approximate surface area is 395 Å². The van der Waals surface area contributed by atoms with Gasteiger partial charge in [-0.3, -0.25) is 9.88 Å². The third-order valence-electron chi connectivity index (χ3n) is 12.0. The molecule has 7 aromatic rings. The number of carbonyl (C=O) groups is 1. The summed E-state index contributed by atoms with van der Waals surface area (Å²) in [7, 11) is 3.72. The molecule has 3 aliphatic rings. The highest BCUT2D eigenvalue weighted by Gasteiger charge is 2.32. The van der Waals surface area contributed by atoms with E-state index in [1.54, 1.807) is 43.6 Å². The van der Waals surface area contributed by atoms with Gasteiger partial charge in [-0.05, 0) is 103 Å². The average molecular weight is 951 g/mol. The zero-order chi connectivity index (χ0) is 46.1. The number of piperazine rings is 1. The smallest absolute Gasteiger partial charge is 0.345 e. The van der Waals surface area contributed by atoms with E-state index in [0.29, 0.717) is 93.8 Å². The van der Waals surface area contributed by atoms with Crippen LogP contribution < -0.4 is 23.7 Å². The molecule has 2 atom stereocenters. The van der Waals surface area contributed by atoms with Crippen molar-refractivity contribution in [1.29, 1.82) is 0 Å². The molecule has 0 spiro atoms. The molecule has 3 aromatic heterocycles. The third kappa shape index (κ3) is 9.33. The van der Waals surface area contributed by atoms with E-state index in [0.717, 1.165) is 37.3 Å². The zero-order valence-electron chi connectivity index (χ0n) is 36.6. The fourth-order valence-corrected chi connectivity index (χ4v) is 10.1. The first-order valence-corrected chi connectivity index (χ1v) is 23.0. The molecule has 16 heteroatoms. The van der Waals surface area contributed by atoms with Crippen LogP contribution in [-0.4, -0.2) is 102 Å². The van der Waals surface area contributed by atoms with E-state index in [1.807, 2.05) is 50.2 Å². The van der Waals surface area contributed by atoms with Crippen molar-refractivity contribution in [3.8, 4) is 61.7 Å². The van der Waals surface area contributed by atoms with Crippen molar-refractivity contribution in [3.05, 3.63) is 130 Å². The van der Waals surface area contributed by atoms with E-state index in [-0.39, 0.29) is 25.5 Å². The molecule has 4 aromatic carbocycles. The van der Waals surface area contributed by atoms with Crippen LogP contribution in [-0.2, 0) is 17.8 Å². The molecule has 10 rings (SSSR count). The Morgan fingerprint density at radius 2 is 1.67 bits per heavy atom. The SMILES string of the molecule is COc1ccccc1-c1cc(COc2ccc3cc2C[C@H](C(=O)O)Oc2ncnc4sc(-c5ccc(F)cc5)c(c24)-c2c(C)c(Cl)c(c(Cl)c2C)O[C@H](CN2CCN(C)CC2)CO3)ccn1. The molecule has 6 heterocycles. The monoisotopic (exact) mass is 949 g/mol. The third-order valence-corrected chi connectivity index (χ3v) is 14.0. The lowest BCUT2D eigenvalue weighted by Crippen LogP contribution is -2.49. The Balaban J connectivity index is 1.16. The number of hydrogen-bond donors (Lipinski definition) is 1. The predicted octanol–water partition coefficient (Wildman–Crippen LogP) is 10.2. The number of methoxy groups -OCH3 is 1. The molecule has 0 radical (unpaired) electrons. The zero-order valence-corrected chi connectivity index (χ0v) is 39.0. The number of hydrogen-bond acceptors (Lipinski definition) is 12. The van der Waals surface area contributed by atoms with Gasteiger partial charge in [-0.15, -0.1) is 11.3 Å². The molecular weight excluding hydrogens is 905 g/mol. The van der Waals surface area contributed by atoms with Gasteiger partial charge in [0, 0.05) is 66.9 Å². The number of ether oxygens (including phenoxy) is 5. The Morgan fingerprint density at radius 3 is 2.41 bits per heavy atom. The van der Waals surface area contributed by atoms with Crippen LogP contribution in [0.15, 0.2) is 91.4 Å². The largest absolute Gasteiger partial charge is 0.496 e. The number of carboxylic acid groups (broad SMARTS) is 1. The van der Waals surface area contributed by atoms with Gasteiger partial charge < -0.3 is 33.7 Å². The summed E-state index contributed by atoms with van der Waals surface area (Å²) in [5.74, 6) is 0.314. The summed E-state index contributed by atoms with van der Waals surface area (Å²) < 4.78 is 46.3. The molecule has 3 aliphatic heterocycles. The number of carboxylic acids is 1. The first-order valence-electron chi connectivity index (χ1n) is 21.4. The van der Waals surface area contributed by atoms with Gasteiger partial charge in [0.15, 0.2) is 5.75 Å². The highest BCUT2D eigenvalue weighted by molar-refractivity contribution is 7.22. The van der Waals surface area contributed by atoms with Crippen LogP contribution in [0.3, 0.4) is 0 Å². The summed E-state index contributed by atoms with van der Waals surface area (Å²) >= 11 is 16.0. The fourth-order valence-electron chi connectivity index (χ4n) is 8.44. The quantitative estimate of drug-likeness (QED) is 0.148. The van der Waals surface area contributed by atoms with Crippen LogP contribution in [0.1, 0.15) is 22.3 Å². The van der Waals surface area contributed by atoms with Crippen molar-refractivity contribution < 1.29 is 38.0 Å². The van der Waals surface area contributed by atoms with Gasteiger partial charge in [-0.2, -0.15) is 0 Å². The summed E-state index contributed by atoms with van der Waals surface area (Å²) in [6.07, 6.45) is 0.929. The summed E-state index contributed by atoms with van der Waals surface area (Å²) in [4.78, 5) is 32.9. The van der Waals surface area contributed by atoms with Crippen molar-refractivity contribution in [3.63, 3.8) is 0 Å². The minimum atomic E-state index is -1.46. The maximum absolute atomic E-state index is 14.4.